The Balaban J connectivity index is 3.39. The zero-order valence-corrected chi connectivity index (χ0v) is 12.9. The molecule has 0 aliphatic heterocycles. The molecule has 0 fully saturated rings. The highest BCUT2D eigenvalue weighted by atomic mass is 35.7. The Morgan fingerprint density at radius 3 is 2.50 bits per heavy atom. The summed E-state index contributed by atoms with van der Waals surface area (Å²) in [4.78, 5) is 12.9. The monoisotopic (exact) mass is 323 g/mol. The maximum Gasteiger partial charge on any atom is 0.265 e. The van der Waals surface area contributed by atoms with Crippen molar-refractivity contribution in [2.24, 2.45) is 0 Å². The number of hydrogen-bond donors (Lipinski definition) is 0. The number of amides is 1. The molecule has 1 aromatic rings. The molecule has 0 unspecified atom stereocenters. The van der Waals surface area contributed by atoms with Gasteiger partial charge in [0.15, 0.2) is 11.6 Å². The van der Waals surface area contributed by atoms with Crippen molar-refractivity contribution in [1.29, 1.82) is 0 Å². The molecule has 0 radical (unpaired) electrons. The number of rotatable bonds is 5. The predicted molar refractivity (Wildman–Crippen MR) is 73.2 cm³/mol. The van der Waals surface area contributed by atoms with E-state index in [1.165, 1.54) is 4.90 Å². The summed E-state index contributed by atoms with van der Waals surface area (Å²) in [5.41, 5.74) is -0.0986. The van der Waals surface area contributed by atoms with Gasteiger partial charge < -0.3 is 9.64 Å². The second-order valence-electron chi connectivity index (χ2n) is 4.15. The summed E-state index contributed by atoms with van der Waals surface area (Å²) in [6.07, 6.45) is 0.724. The van der Waals surface area contributed by atoms with Crippen LogP contribution in [0.2, 0.25) is 0 Å². The van der Waals surface area contributed by atoms with Gasteiger partial charge in [-0.05, 0) is 18.6 Å². The SMILES string of the molecule is CCCN(C)C(=O)c1cc(F)c(OC)c(S(=O)(=O)Cl)c1. The van der Waals surface area contributed by atoms with Gasteiger partial charge in [-0.15, -0.1) is 0 Å². The molecule has 1 rings (SSSR count). The molecular weight excluding hydrogens is 309 g/mol. The molecule has 112 valence electrons. The Morgan fingerprint density at radius 2 is 2.05 bits per heavy atom. The minimum atomic E-state index is -4.23. The first-order valence-corrected chi connectivity index (χ1v) is 8.11. The average Bonchev–Trinajstić information content (AvgIpc) is 2.36. The van der Waals surface area contributed by atoms with Gasteiger partial charge in [0, 0.05) is 29.8 Å². The standard InChI is InChI=1S/C12H15ClFNO4S/c1-4-5-15(2)12(16)8-6-9(14)11(19-3)10(7-8)20(13,17)18/h6-7H,4-5H2,1-3H3. The van der Waals surface area contributed by atoms with E-state index < -0.39 is 31.4 Å². The van der Waals surface area contributed by atoms with Crippen molar-refractivity contribution in [1.82, 2.24) is 4.90 Å². The molecule has 0 aliphatic carbocycles. The van der Waals surface area contributed by atoms with E-state index in [1.54, 1.807) is 7.05 Å². The number of carbonyl (C=O) groups is 1. The molecule has 1 aromatic carbocycles. The molecule has 0 saturated heterocycles. The first kappa shape index (κ1) is 16.7. The summed E-state index contributed by atoms with van der Waals surface area (Å²) in [5.74, 6) is -1.95. The maximum absolute atomic E-state index is 13.8. The molecule has 0 N–H and O–H groups in total. The number of nitrogens with zero attached hydrogens (tertiary/aromatic N) is 1. The molecule has 8 heteroatoms. The lowest BCUT2D eigenvalue weighted by Crippen LogP contribution is -2.27. The van der Waals surface area contributed by atoms with E-state index >= 15 is 0 Å². The Hall–Kier alpha value is -1.34. The number of methoxy groups -OCH3 is 1. The van der Waals surface area contributed by atoms with Gasteiger partial charge in [-0.25, -0.2) is 12.8 Å². The van der Waals surface area contributed by atoms with Crippen molar-refractivity contribution in [3.8, 4) is 5.75 Å². The summed E-state index contributed by atoms with van der Waals surface area (Å²) < 4.78 is 41.4. The highest BCUT2D eigenvalue weighted by Crippen LogP contribution is 2.31. The summed E-state index contributed by atoms with van der Waals surface area (Å²) in [5, 5.41) is 0. The fraction of sp³-hybridized carbons (Fsp3) is 0.417. The highest BCUT2D eigenvalue weighted by Gasteiger charge is 2.24. The lowest BCUT2D eigenvalue weighted by atomic mass is 10.2. The molecule has 20 heavy (non-hydrogen) atoms. The summed E-state index contributed by atoms with van der Waals surface area (Å²) >= 11 is 0. The minimum Gasteiger partial charge on any atom is -0.492 e. The third kappa shape index (κ3) is 3.61. The molecule has 0 aromatic heterocycles. The molecule has 0 aliphatic rings. The van der Waals surface area contributed by atoms with E-state index in [4.69, 9.17) is 10.7 Å². The van der Waals surface area contributed by atoms with Crippen LogP contribution in [0.15, 0.2) is 17.0 Å². The van der Waals surface area contributed by atoms with Gasteiger partial charge in [-0.2, -0.15) is 0 Å². The van der Waals surface area contributed by atoms with Crippen molar-refractivity contribution >= 4 is 25.6 Å². The zero-order chi connectivity index (χ0) is 15.5. The molecule has 1 amide bonds. The van der Waals surface area contributed by atoms with Crippen LogP contribution in [0.25, 0.3) is 0 Å². The van der Waals surface area contributed by atoms with E-state index in [1.807, 2.05) is 6.92 Å². The smallest absolute Gasteiger partial charge is 0.265 e. The number of halogens is 2. The third-order valence-corrected chi connectivity index (χ3v) is 3.96. The second kappa shape index (κ2) is 6.41. The van der Waals surface area contributed by atoms with Crippen molar-refractivity contribution in [3.05, 3.63) is 23.5 Å². The molecule has 0 spiro atoms. The van der Waals surface area contributed by atoms with E-state index in [2.05, 4.69) is 4.74 Å². The van der Waals surface area contributed by atoms with Crippen LogP contribution in [0.1, 0.15) is 23.7 Å². The minimum absolute atomic E-state index is 0.0986. The fourth-order valence-corrected chi connectivity index (χ4v) is 2.74. The molecule has 0 saturated carbocycles. The predicted octanol–water partition coefficient (Wildman–Crippen LogP) is 2.24. The summed E-state index contributed by atoms with van der Waals surface area (Å²) in [6, 6.07) is 1.94. The van der Waals surface area contributed by atoms with Crippen molar-refractivity contribution in [2.45, 2.75) is 18.2 Å². The largest absolute Gasteiger partial charge is 0.492 e. The van der Waals surface area contributed by atoms with E-state index in [-0.39, 0.29) is 5.56 Å². The van der Waals surface area contributed by atoms with Gasteiger partial charge in [0.1, 0.15) is 4.90 Å². The zero-order valence-electron chi connectivity index (χ0n) is 11.3. The van der Waals surface area contributed by atoms with Gasteiger partial charge in [0.05, 0.1) is 7.11 Å². The number of hydrogen-bond acceptors (Lipinski definition) is 4. The fourth-order valence-electron chi connectivity index (χ4n) is 1.73. The Labute approximate surface area is 121 Å². The molecular formula is C12H15ClFNO4S. The van der Waals surface area contributed by atoms with E-state index in [0.29, 0.717) is 6.54 Å². The Bertz CT molecular complexity index is 618. The van der Waals surface area contributed by atoms with Gasteiger partial charge in [0.2, 0.25) is 0 Å². The number of ether oxygens (including phenoxy) is 1. The number of benzene rings is 1. The average molecular weight is 324 g/mol. The lowest BCUT2D eigenvalue weighted by molar-refractivity contribution is 0.0794. The van der Waals surface area contributed by atoms with Crippen LogP contribution in [-0.2, 0) is 9.05 Å². The van der Waals surface area contributed by atoms with Crippen LogP contribution in [0, 0.1) is 5.82 Å². The molecule has 5 nitrogen and oxygen atoms in total. The van der Waals surface area contributed by atoms with Gasteiger partial charge in [0.25, 0.3) is 15.0 Å². The Morgan fingerprint density at radius 1 is 1.45 bits per heavy atom. The maximum atomic E-state index is 13.8. The molecule has 0 heterocycles. The first-order chi connectivity index (χ1) is 9.22. The number of carbonyl (C=O) groups excluding carboxylic acids is 1. The van der Waals surface area contributed by atoms with E-state index in [9.17, 15) is 17.6 Å². The van der Waals surface area contributed by atoms with Crippen LogP contribution in [0.4, 0.5) is 4.39 Å². The lowest BCUT2D eigenvalue weighted by Gasteiger charge is -2.17. The normalized spacial score (nSPS) is 11.2. The van der Waals surface area contributed by atoms with Crippen molar-refractivity contribution < 1.29 is 22.3 Å². The van der Waals surface area contributed by atoms with Crippen LogP contribution < -0.4 is 4.74 Å². The van der Waals surface area contributed by atoms with Gasteiger partial charge in [-0.1, -0.05) is 6.92 Å². The highest BCUT2D eigenvalue weighted by molar-refractivity contribution is 8.13. The van der Waals surface area contributed by atoms with Crippen molar-refractivity contribution in [3.63, 3.8) is 0 Å². The Kier molecular flexibility index (Phi) is 5.35. The van der Waals surface area contributed by atoms with Crippen LogP contribution in [0.5, 0.6) is 5.75 Å². The summed E-state index contributed by atoms with van der Waals surface area (Å²) in [7, 11) is 3.67. The quantitative estimate of drug-likeness (QED) is 0.780. The molecule has 0 atom stereocenters. The van der Waals surface area contributed by atoms with E-state index in [0.717, 1.165) is 25.7 Å². The third-order valence-electron chi connectivity index (χ3n) is 2.63. The second-order valence-corrected chi connectivity index (χ2v) is 6.69. The first-order valence-electron chi connectivity index (χ1n) is 5.80. The topological polar surface area (TPSA) is 63.7 Å². The molecule has 0 bridgehead atoms. The van der Waals surface area contributed by atoms with Crippen molar-refractivity contribution in [2.75, 3.05) is 20.7 Å². The van der Waals surface area contributed by atoms with Crippen LogP contribution >= 0.6 is 10.7 Å². The summed E-state index contributed by atoms with van der Waals surface area (Å²) in [6.45, 7) is 2.35. The van der Waals surface area contributed by atoms with Crippen LogP contribution in [0.3, 0.4) is 0 Å². The van der Waals surface area contributed by atoms with Crippen LogP contribution in [-0.4, -0.2) is 39.9 Å². The van der Waals surface area contributed by atoms with Gasteiger partial charge in [-0.3, -0.25) is 4.79 Å². The van der Waals surface area contributed by atoms with Gasteiger partial charge >= 0.3 is 0 Å².